The van der Waals surface area contributed by atoms with Crippen molar-refractivity contribution in [2.24, 2.45) is 0 Å². The van der Waals surface area contributed by atoms with Gasteiger partial charge in [-0.05, 0) is 49.2 Å². The molecule has 0 radical (unpaired) electrons. The molecule has 0 aliphatic carbocycles. The molecule has 9 heteroatoms. The number of H-pyrrole nitrogens is 1. The normalized spacial score (nSPS) is 16.1. The quantitative estimate of drug-likeness (QED) is 0.503. The maximum absolute atomic E-state index is 13.4. The second-order valence-corrected chi connectivity index (χ2v) is 8.87. The van der Waals surface area contributed by atoms with Crippen LogP contribution in [-0.4, -0.2) is 49.0 Å². The van der Waals surface area contributed by atoms with Crippen LogP contribution in [0.15, 0.2) is 53.5 Å². The molecule has 0 bridgehead atoms. The molecule has 2 amide bonds. The molecule has 2 aromatic heterocycles. The van der Waals surface area contributed by atoms with Gasteiger partial charge >= 0.3 is 0 Å². The van der Waals surface area contributed by atoms with Crippen molar-refractivity contribution >= 4 is 45.8 Å². The molecule has 2 N–H and O–H groups in total. The number of benzene rings is 2. The van der Waals surface area contributed by atoms with Gasteiger partial charge in [0.2, 0.25) is 5.91 Å². The van der Waals surface area contributed by atoms with E-state index in [1.165, 1.54) is 22.9 Å². The zero-order chi connectivity index (χ0) is 22.4. The van der Waals surface area contributed by atoms with E-state index in [1.807, 2.05) is 38.1 Å². The topological polar surface area (TPSA) is 99.6 Å². The SMILES string of the molecule is Cc1ccc(NC(=O)C2CSCN2C(=O)c2cnn3c2[nH]c(=O)c2ccccc23)cc1C. The van der Waals surface area contributed by atoms with Crippen LogP contribution in [0.4, 0.5) is 5.69 Å². The van der Waals surface area contributed by atoms with Gasteiger partial charge in [-0.25, -0.2) is 4.52 Å². The molecule has 0 spiro atoms. The van der Waals surface area contributed by atoms with Crippen molar-refractivity contribution in [1.82, 2.24) is 19.5 Å². The number of hydrogen-bond acceptors (Lipinski definition) is 5. The van der Waals surface area contributed by atoms with Crippen LogP contribution in [0.2, 0.25) is 0 Å². The maximum Gasteiger partial charge on any atom is 0.260 e. The monoisotopic (exact) mass is 447 g/mol. The number of rotatable bonds is 3. The second-order valence-electron chi connectivity index (χ2n) is 7.87. The summed E-state index contributed by atoms with van der Waals surface area (Å²) in [7, 11) is 0. The first-order chi connectivity index (χ1) is 15.4. The Morgan fingerprint density at radius 2 is 1.97 bits per heavy atom. The second kappa shape index (κ2) is 7.83. The Bertz CT molecular complexity index is 1440. The van der Waals surface area contributed by atoms with Gasteiger partial charge in [0, 0.05) is 11.4 Å². The summed E-state index contributed by atoms with van der Waals surface area (Å²) in [4.78, 5) is 43.2. The first kappa shape index (κ1) is 20.3. The van der Waals surface area contributed by atoms with Gasteiger partial charge in [-0.3, -0.25) is 14.4 Å². The van der Waals surface area contributed by atoms with E-state index < -0.39 is 6.04 Å². The number of anilines is 1. The molecule has 8 nitrogen and oxygen atoms in total. The Labute approximate surface area is 187 Å². The van der Waals surface area contributed by atoms with Crippen molar-refractivity contribution in [3.05, 3.63) is 75.7 Å². The van der Waals surface area contributed by atoms with E-state index >= 15 is 0 Å². The van der Waals surface area contributed by atoms with Crippen molar-refractivity contribution in [2.75, 3.05) is 16.9 Å². The van der Waals surface area contributed by atoms with Gasteiger partial charge in [-0.1, -0.05) is 18.2 Å². The van der Waals surface area contributed by atoms with E-state index in [-0.39, 0.29) is 22.9 Å². The van der Waals surface area contributed by atoms with Gasteiger partial charge < -0.3 is 15.2 Å². The molecule has 162 valence electrons. The average molecular weight is 448 g/mol. The van der Waals surface area contributed by atoms with Gasteiger partial charge in [-0.2, -0.15) is 5.10 Å². The summed E-state index contributed by atoms with van der Waals surface area (Å²) >= 11 is 1.52. The van der Waals surface area contributed by atoms with Crippen molar-refractivity contribution in [2.45, 2.75) is 19.9 Å². The van der Waals surface area contributed by atoms with Crippen LogP contribution in [0.1, 0.15) is 21.5 Å². The third-order valence-electron chi connectivity index (χ3n) is 5.83. The fourth-order valence-electron chi connectivity index (χ4n) is 3.89. The first-order valence-corrected chi connectivity index (χ1v) is 11.3. The average Bonchev–Trinajstić information content (AvgIpc) is 3.44. The number of aromatic amines is 1. The van der Waals surface area contributed by atoms with Crippen LogP contribution in [0.25, 0.3) is 16.6 Å². The smallest absolute Gasteiger partial charge is 0.260 e. The number of carbonyl (C=O) groups is 2. The summed E-state index contributed by atoms with van der Waals surface area (Å²) in [5, 5.41) is 7.75. The lowest BCUT2D eigenvalue weighted by Crippen LogP contribution is -2.44. The Kier molecular flexibility index (Phi) is 4.97. The summed E-state index contributed by atoms with van der Waals surface area (Å²) in [5.74, 6) is 0.318. The number of fused-ring (bicyclic) bond motifs is 3. The number of nitrogens with zero attached hydrogens (tertiary/aromatic N) is 3. The van der Waals surface area contributed by atoms with Crippen molar-refractivity contribution in [1.29, 1.82) is 0 Å². The molecular formula is C23H21N5O3S. The minimum atomic E-state index is -0.615. The number of aromatic nitrogens is 3. The zero-order valence-electron chi connectivity index (χ0n) is 17.6. The Hall–Kier alpha value is -3.59. The molecular weight excluding hydrogens is 426 g/mol. The summed E-state index contributed by atoms with van der Waals surface area (Å²) in [6.07, 6.45) is 1.45. The van der Waals surface area contributed by atoms with Crippen LogP contribution in [-0.2, 0) is 4.79 Å². The number of para-hydroxylation sites is 1. The lowest BCUT2D eigenvalue weighted by Gasteiger charge is -2.22. The molecule has 2 aromatic carbocycles. The zero-order valence-corrected chi connectivity index (χ0v) is 18.4. The van der Waals surface area contributed by atoms with Gasteiger partial charge in [-0.15, -0.1) is 11.8 Å². The molecule has 1 unspecified atom stereocenters. The Morgan fingerprint density at radius 1 is 1.16 bits per heavy atom. The third-order valence-corrected chi connectivity index (χ3v) is 6.84. The largest absolute Gasteiger partial charge is 0.324 e. The summed E-state index contributed by atoms with van der Waals surface area (Å²) in [6.45, 7) is 4.00. The van der Waals surface area contributed by atoms with E-state index in [0.717, 1.165) is 11.1 Å². The molecule has 1 fully saturated rings. The van der Waals surface area contributed by atoms with Crippen LogP contribution in [0.5, 0.6) is 0 Å². The molecule has 1 aliphatic heterocycles. The van der Waals surface area contributed by atoms with Crippen LogP contribution < -0.4 is 10.9 Å². The van der Waals surface area contributed by atoms with Crippen LogP contribution in [0.3, 0.4) is 0 Å². The number of thioether (sulfide) groups is 1. The molecule has 0 saturated carbocycles. The van der Waals surface area contributed by atoms with E-state index in [0.29, 0.717) is 33.9 Å². The van der Waals surface area contributed by atoms with Crippen molar-refractivity contribution in [3.8, 4) is 0 Å². The Balaban J connectivity index is 1.46. The number of amides is 2. The molecule has 32 heavy (non-hydrogen) atoms. The molecule has 1 aliphatic rings. The van der Waals surface area contributed by atoms with Gasteiger partial charge in [0.25, 0.3) is 11.5 Å². The first-order valence-electron chi connectivity index (χ1n) is 10.2. The summed E-state index contributed by atoms with van der Waals surface area (Å²) < 4.78 is 1.55. The third kappa shape index (κ3) is 3.34. The number of aryl methyl sites for hydroxylation is 2. The van der Waals surface area contributed by atoms with E-state index in [4.69, 9.17) is 0 Å². The van der Waals surface area contributed by atoms with Gasteiger partial charge in [0.05, 0.1) is 23.0 Å². The number of carbonyl (C=O) groups excluding carboxylic acids is 2. The number of hydrogen-bond donors (Lipinski definition) is 2. The molecule has 3 heterocycles. The van der Waals surface area contributed by atoms with Crippen molar-refractivity contribution in [3.63, 3.8) is 0 Å². The molecule has 1 atom stereocenters. The fraction of sp³-hybridized carbons (Fsp3) is 0.217. The van der Waals surface area contributed by atoms with Crippen LogP contribution in [0, 0.1) is 13.8 Å². The minimum Gasteiger partial charge on any atom is -0.324 e. The lowest BCUT2D eigenvalue weighted by molar-refractivity contribution is -0.119. The highest BCUT2D eigenvalue weighted by Crippen LogP contribution is 2.26. The van der Waals surface area contributed by atoms with Crippen LogP contribution >= 0.6 is 11.8 Å². The van der Waals surface area contributed by atoms with Crippen molar-refractivity contribution < 1.29 is 9.59 Å². The lowest BCUT2D eigenvalue weighted by atomic mass is 10.1. The minimum absolute atomic E-state index is 0.234. The van der Waals surface area contributed by atoms with E-state index in [2.05, 4.69) is 15.4 Å². The maximum atomic E-state index is 13.4. The predicted molar refractivity (Wildman–Crippen MR) is 125 cm³/mol. The van der Waals surface area contributed by atoms with E-state index in [1.54, 1.807) is 22.7 Å². The molecule has 4 aromatic rings. The molecule has 1 saturated heterocycles. The van der Waals surface area contributed by atoms with Gasteiger partial charge in [0.15, 0.2) is 0 Å². The fourth-order valence-corrected chi connectivity index (χ4v) is 5.05. The standard InChI is InChI=1S/C23H21N5O3S/c1-13-7-8-15(9-14(13)2)25-22(30)19-11-32-12-27(19)23(31)17-10-24-28-18-6-4-3-5-16(18)21(29)26-20(17)28/h3-10,19H,11-12H2,1-2H3,(H,25,30)(H,26,29). The highest BCUT2D eigenvalue weighted by Gasteiger charge is 2.36. The predicted octanol–water partition coefficient (Wildman–Crippen LogP) is 2.95. The molecule has 5 rings (SSSR count). The number of nitrogens with one attached hydrogen (secondary N) is 2. The summed E-state index contributed by atoms with van der Waals surface area (Å²) in [5.41, 5.74) is 3.84. The highest BCUT2D eigenvalue weighted by atomic mass is 32.2. The van der Waals surface area contributed by atoms with Gasteiger partial charge in [0.1, 0.15) is 17.3 Å². The van der Waals surface area contributed by atoms with E-state index in [9.17, 15) is 14.4 Å². The Morgan fingerprint density at radius 3 is 2.78 bits per heavy atom. The highest BCUT2D eigenvalue weighted by molar-refractivity contribution is 7.99. The summed E-state index contributed by atoms with van der Waals surface area (Å²) in [6, 6.07) is 12.2.